The smallest absolute Gasteiger partial charge is 0.0674 e. The highest BCUT2D eigenvalue weighted by atomic mass is 16.5. The summed E-state index contributed by atoms with van der Waals surface area (Å²) in [7, 11) is 0. The Kier molecular flexibility index (Phi) is 7.09. The van der Waals surface area contributed by atoms with Crippen molar-refractivity contribution >= 4 is 0 Å². The Morgan fingerprint density at radius 2 is 2.06 bits per heavy atom. The number of unbranched alkanes of at least 4 members (excludes halogenated alkanes) is 3. The monoisotopic (exact) mass is 242 g/mol. The highest BCUT2D eigenvalue weighted by Gasteiger charge is 2.28. The van der Waals surface area contributed by atoms with E-state index >= 15 is 0 Å². The Morgan fingerprint density at radius 1 is 1.29 bits per heavy atom. The number of rotatable bonds is 7. The topological polar surface area (TPSA) is 38.5 Å². The van der Waals surface area contributed by atoms with Crippen molar-refractivity contribution in [1.82, 2.24) is 4.90 Å². The van der Waals surface area contributed by atoms with Crippen molar-refractivity contribution in [3.63, 3.8) is 0 Å². The van der Waals surface area contributed by atoms with Crippen molar-refractivity contribution in [3.05, 3.63) is 0 Å². The molecule has 0 saturated carbocycles. The highest BCUT2D eigenvalue weighted by Crippen LogP contribution is 2.18. The SMILES string of the molecule is CCCCCCC(CN)N1CC(C)OCC1C. The van der Waals surface area contributed by atoms with Crippen molar-refractivity contribution in [3.8, 4) is 0 Å². The molecule has 1 saturated heterocycles. The van der Waals surface area contributed by atoms with Gasteiger partial charge >= 0.3 is 0 Å². The fourth-order valence-corrected chi connectivity index (χ4v) is 2.66. The van der Waals surface area contributed by atoms with E-state index in [4.69, 9.17) is 10.5 Å². The third-order valence-electron chi connectivity index (χ3n) is 3.79. The fraction of sp³-hybridized carbons (Fsp3) is 1.00. The van der Waals surface area contributed by atoms with Crippen molar-refractivity contribution < 1.29 is 4.74 Å². The number of morpholine rings is 1. The molecule has 3 unspecified atom stereocenters. The van der Waals surface area contributed by atoms with Gasteiger partial charge in [-0.1, -0.05) is 32.6 Å². The first kappa shape index (κ1) is 14.9. The summed E-state index contributed by atoms with van der Waals surface area (Å²) in [6.45, 7) is 9.34. The number of hydrogen-bond donors (Lipinski definition) is 1. The molecule has 0 aromatic rings. The van der Waals surface area contributed by atoms with Gasteiger partial charge in [0.1, 0.15) is 0 Å². The third kappa shape index (κ3) is 4.94. The Balaban J connectivity index is 2.36. The zero-order chi connectivity index (χ0) is 12.7. The zero-order valence-electron chi connectivity index (χ0n) is 11.8. The maximum absolute atomic E-state index is 5.94. The Bertz CT molecular complexity index is 199. The Labute approximate surface area is 107 Å². The highest BCUT2D eigenvalue weighted by molar-refractivity contribution is 4.82. The first-order valence-electron chi connectivity index (χ1n) is 7.26. The second-order valence-electron chi connectivity index (χ2n) is 5.43. The maximum atomic E-state index is 5.94. The van der Waals surface area contributed by atoms with E-state index in [-0.39, 0.29) is 0 Å². The van der Waals surface area contributed by atoms with Crippen LogP contribution in [0.4, 0.5) is 0 Å². The lowest BCUT2D eigenvalue weighted by Crippen LogP contribution is -2.54. The lowest BCUT2D eigenvalue weighted by Gasteiger charge is -2.41. The van der Waals surface area contributed by atoms with Crippen LogP contribution in [0, 0.1) is 0 Å². The lowest BCUT2D eigenvalue weighted by molar-refractivity contribution is -0.0659. The molecule has 1 aliphatic heterocycles. The summed E-state index contributed by atoms with van der Waals surface area (Å²) in [5.74, 6) is 0. The molecule has 0 radical (unpaired) electrons. The van der Waals surface area contributed by atoms with Crippen LogP contribution in [-0.2, 0) is 4.74 Å². The molecule has 2 N–H and O–H groups in total. The molecule has 17 heavy (non-hydrogen) atoms. The van der Waals surface area contributed by atoms with Crippen LogP contribution < -0.4 is 5.73 Å². The Hall–Kier alpha value is -0.120. The van der Waals surface area contributed by atoms with Gasteiger partial charge in [0.25, 0.3) is 0 Å². The minimum Gasteiger partial charge on any atom is -0.376 e. The number of nitrogens with two attached hydrogens (primary N) is 1. The average molecular weight is 242 g/mol. The van der Waals surface area contributed by atoms with Gasteiger partial charge in [0, 0.05) is 25.2 Å². The van der Waals surface area contributed by atoms with Crippen LogP contribution in [-0.4, -0.2) is 42.8 Å². The second-order valence-corrected chi connectivity index (χ2v) is 5.43. The minimum absolute atomic E-state index is 0.357. The fourth-order valence-electron chi connectivity index (χ4n) is 2.66. The van der Waals surface area contributed by atoms with Gasteiger partial charge in [0.05, 0.1) is 12.7 Å². The van der Waals surface area contributed by atoms with E-state index in [1.165, 1.54) is 32.1 Å². The molecule has 0 bridgehead atoms. The van der Waals surface area contributed by atoms with Crippen LogP contribution in [0.3, 0.4) is 0 Å². The molecule has 1 aliphatic rings. The summed E-state index contributed by atoms with van der Waals surface area (Å²) in [5, 5.41) is 0. The molecule has 0 amide bonds. The molecular weight excluding hydrogens is 212 g/mol. The molecular formula is C14H30N2O. The number of hydrogen-bond acceptors (Lipinski definition) is 3. The molecule has 0 aliphatic carbocycles. The summed E-state index contributed by atoms with van der Waals surface area (Å²) in [6.07, 6.45) is 6.92. The van der Waals surface area contributed by atoms with Gasteiger partial charge in [0.15, 0.2) is 0 Å². The molecule has 3 atom stereocenters. The van der Waals surface area contributed by atoms with E-state index in [1.54, 1.807) is 0 Å². The van der Waals surface area contributed by atoms with Crippen molar-refractivity contribution in [2.75, 3.05) is 19.7 Å². The maximum Gasteiger partial charge on any atom is 0.0674 e. The van der Waals surface area contributed by atoms with Crippen LogP contribution in [0.25, 0.3) is 0 Å². The first-order valence-corrected chi connectivity index (χ1v) is 7.26. The van der Waals surface area contributed by atoms with Crippen molar-refractivity contribution in [2.24, 2.45) is 5.73 Å². The van der Waals surface area contributed by atoms with Gasteiger partial charge in [-0.05, 0) is 20.3 Å². The normalized spacial score (nSPS) is 28.2. The van der Waals surface area contributed by atoms with Gasteiger partial charge < -0.3 is 10.5 Å². The van der Waals surface area contributed by atoms with Gasteiger partial charge in [0.2, 0.25) is 0 Å². The van der Waals surface area contributed by atoms with Crippen LogP contribution in [0.15, 0.2) is 0 Å². The van der Waals surface area contributed by atoms with Crippen molar-refractivity contribution in [1.29, 1.82) is 0 Å². The van der Waals surface area contributed by atoms with Gasteiger partial charge in [-0.3, -0.25) is 4.90 Å². The summed E-state index contributed by atoms with van der Waals surface area (Å²) in [4.78, 5) is 2.56. The predicted molar refractivity (Wildman–Crippen MR) is 73.2 cm³/mol. The number of nitrogens with zero attached hydrogens (tertiary/aromatic N) is 1. The molecule has 0 aromatic heterocycles. The molecule has 3 heteroatoms. The molecule has 0 spiro atoms. The standard InChI is InChI=1S/C14H30N2O/c1-4-5-6-7-8-14(9-15)16-10-13(3)17-11-12(16)2/h12-14H,4-11,15H2,1-3H3. The van der Waals surface area contributed by atoms with Gasteiger partial charge in [-0.2, -0.15) is 0 Å². The zero-order valence-corrected chi connectivity index (χ0v) is 11.8. The quantitative estimate of drug-likeness (QED) is 0.697. The number of ether oxygens (including phenoxy) is 1. The van der Waals surface area contributed by atoms with Crippen LogP contribution in [0.2, 0.25) is 0 Å². The van der Waals surface area contributed by atoms with E-state index in [2.05, 4.69) is 25.7 Å². The van der Waals surface area contributed by atoms with Gasteiger partial charge in [-0.25, -0.2) is 0 Å². The van der Waals surface area contributed by atoms with E-state index in [0.29, 0.717) is 18.2 Å². The van der Waals surface area contributed by atoms with Gasteiger partial charge in [-0.15, -0.1) is 0 Å². The average Bonchev–Trinajstić information content (AvgIpc) is 2.33. The minimum atomic E-state index is 0.357. The molecule has 1 heterocycles. The van der Waals surface area contributed by atoms with Crippen LogP contribution in [0.1, 0.15) is 52.9 Å². The lowest BCUT2D eigenvalue weighted by atomic mass is 10.0. The summed E-state index contributed by atoms with van der Waals surface area (Å²) < 4.78 is 5.68. The van der Waals surface area contributed by atoms with E-state index in [1.807, 2.05) is 0 Å². The van der Waals surface area contributed by atoms with Crippen LogP contribution >= 0.6 is 0 Å². The molecule has 1 fully saturated rings. The predicted octanol–water partition coefficient (Wildman–Crippen LogP) is 2.39. The van der Waals surface area contributed by atoms with Crippen LogP contribution in [0.5, 0.6) is 0 Å². The van der Waals surface area contributed by atoms with Crippen molar-refractivity contribution in [2.45, 2.75) is 71.1 Å². The third-order valence-corrected chi connectivity index (χ3v) is 3.79. The first-order chi connectivity index (χ1) is 8.19. The summed E-state index contributed by atoms with van der Waals surface area (Å²) >= 11 is 0. The van der Waals surface area contributed by atoms with E-state index < -0.39 is 0 Å². The molecule has 1 rings (SSSR count). The Morgan fingerprint density at radius 3 is 2.71 bits per heavy atom. The molecule has 102 valence electrons. The largest absolute Gasteiger partial charge is 0.376 e. The summed E-state index contributed by atoms with van der Waals surface area (Å²) in [5.41, 5.74) is 5.94. The molecule has 0 aromatic carbocycles. The second kappa shape index (κ2) is 8.06. The summed E-state index contributed by atoms with van der Waals surface area (Å²) in [6, 6.07) is 1.07. The molecule has 3 nitrogen and oxygen atoms in total. The van der Waals surface area contributed by atoms with E-state index in [0.717, 1.165) is 19.7 Å². The van der Waals surface area contributed by atoms with E-state index in [9.17, 15) is 0 Å².